The van der Waals surface area contributed by atoms with E-state index in [4.69, 9.17) is 10.8 Å². The first-order valence-electron chi connectivity index (χ1n) is 10.0. The lowest BCUT2D eigenvalue weighted by molar-refractivity contribution is 0.0698. The Labute approximate surface area is 174 Å². The summed E-state index contributed by atoms with van der Waals surface area (Å²) in [5, 5.41) is 9.88. The summed E-state index contributed by atoms with van der Waals surface area (Å²) >= 11 is 0. The van der Waals surface area contributed by atoms with Gasteiger partial charge < -0.3 is 15.8 Å². The van der Waals surface area contributed by atoms with Crippen LogP contribution in [0.15, 0.2) is 60.7 Å². The predicted molar refractivity (Wildman–Crippen MR) is 119 cm³/mol. The number of aromatic carboxylic acids is 1. The molecule has 0 aliphatic rings. The van der Waals surface area contributed by atoms with Crippen molar-refractivity contribution in [2.24, 2.45) is 0 Å². The van der Waals surface area contributed by atoms with Crippen molar-refractivity contribution in [2.75, 3.05) is 5.73 Å². The molecule has 0 spiro atoms. The van der Waals surface area contributed by atoms with Gasteiger partial charge >= 0.3 is 5.97 Å². The summed E-state index contributed by atoms with van der Waals surface area (Å²) in [5.74, 6) is -1.39. The highest BCUT2D eigenvalue weighted by molar-refractivity contribution is 5.95. The number of aromatic nitrogens is 1. The van der Waals surface area contributed by atoms with E-state index in [1.54, 1.807) is 18.2 Å². The zero-order chi connectivity index (χ0) is 21.3. The second kappa shape index (κ2) is 8.03. The predicted octanol–water partition coefficient (Wildman–Crippen LogP) is 6.26. The number of H-pyrrole nitrogens is 1. The first-order chi connectivity index (χ1) is 14.5. The molecule has 0 aliphatic carbocycles. The van der Waals surface area contributed by atoms with E-state index >= 15 is 4.39 Å². The van der Waals surface area contributed by atoms with Gasteiger partial charge in [-0.2, -0.15) is 0 Å². The SMILES string of the molecule is CCCCc1ccc(-c2ccc3cc(-c4ccc(C(=O)O)c(N)c4)[nH]c3c2F)cc1. The maximum Gasteiger partial charge on any atom is 0.337 e. The lowest BCUT2D eigenvalue weighted by Crippen LogP contribution is -2.02. The molecule has 5 heteroatoms. The van der Waals surface area contributed by atoms with Crippen LogP contribution in [0.1, 0.15) is 35.7 Å². The van der Waals surface area contributed by atoms with Crippen LogP contribution in [0.5, 0.6) is 0 Å². The number of aromatic amines is 1. The molecule has 0 fully saturated rings. The van der Waals surface area contributed by atoms with Gasteiger partial charge in [0.15, 0.2) is 5.82 Å². The monoisotopic (exact) mass is 402 g/mol. The van der Waals surface area contributed by atoms with Gasteiger partial charge in [0.25, 0.3) is 0 Å². The Morgan fingerprint density at radius 2 is 1.77 bits per heavy atom. The second-order valence-corrected chi connectivity index (χ2v) is 7.48. The van der Waals surface area contributed by atoms with E-state index in [2.05, 4.69) is 24.0 Å². The van der Waals surface area contributed by atoms with Crippen molar-refractivity contribution in [1.29, 1.82) is 0 Å². The van der Waals surface area contributed by atoms with Gasteiger partial charge in [-0.3, -0.25) is 0 Å². The smallest absolute Gasteiger partial charge is 0.337 e. The zero-order valence-corrected chi connectivity index (χ0v) is 16.7. The highest BCUT2D eigenvalue weighted by Gasteiger charge is 2.14. The largest absolute Gasteiger partial charge is 0.478 e. The molecule has 0 saturated heterocycles. The minimum absolute atomic E-state index is 0.0470. The average Bonchev–Trinajstić information content (AvgIpc) is 3.18. The van der Waals surface area contributed by atoms with Crippen molar-refractivity contribution >= 4 is 22.6 Å². The van der Waals surface area contributed by atoms with Crippen LogP contribution in [0, 0.1) is 5.82 Å². The number of carbonyl (C=O) groups is 1. The quantitative estimate of drug-likeness (QED) is 0.333. The van der Waals surface area contributed by atoms with Crippen LogP contribution in [-0.2, 0) is 6.42 Å². The van der Waals surface area contributed by atoms with Crippen LogP contribution in [0.25, 0.3) is 33.3 Å². The molecule has 4 aromatic rings. The molecule has 1 aromatic heterocycles. The van der Waals surface area contributed by atoms with Gasteiger partial charge in [0.05, 0.1) is 11.1 Å². The van der Waals surface area contributed by atoms with Gasteiger partial charge in [-0.1, -0.05) is 55.8 Å². The van der Waals surface area contributed by atoms with Crippen LogP contribution in [0.2, 0.25) is 0 Å². The lowest BCUT2D eigenvalue weighted by Gasteiger charge is -2.06. The van der Waals surface area contributed by atoms with Crippen LogP contribution in [-0.4, -0.2) is 16.1 Å². The first-order valence-corrected chi connectivity index (χ1v) is 10.0. The fourth-order valence-electron chi connectivity index (χ4n) is 3.70. The maximum absolute atomic E-state index is 15.3. The number of nitrogens with one attached hydrogen (secondary N) is 1. The number of halogens is 1. The third kappa shape index (κ3) is 3.66. The summed E-state index contributed by atoms with van der Waals surface area (Å²) in [7, 11) is 0. The van der Waals surface area contributed by atoms with Gasteiger partial charge in [-0.05, 0) is 42.2 Å². The summed E-state index contributed by atoms with van der Waals surface area (Å²) in [6.07, 6.45) is 3.32. The van der Waals surface area contributed by atoms with Crippen molar-refractivity contribution in [3.05, 3.63) is 77.6 Å². The van der Waals surface area contributed by atoms with E-state index in [1.165, 1.54) is 11.6 Å². The van der Waals surface area contributed by atoms with Crippen LogP contribution < -0.4 is 5.73 Å². The van der Waals surface area contributed by atoms with E-state index in [0.717, 1.165) is 30.2 Å². The lowest BCUT2D eigenvalue weighted by atomic mass is 10.0. The highest BCUT2D eigenvalue weighted by Crippen LogP contribution is 2.33. The summed E-state index contributed by atoms with van der Waals surface area (Å²) in [4.78, 5) is 14.3. The number of rotatable bonds is 6. The minimum Gasteiger partial charge on any atom is -0.478 e. The van der Waals surface area contributed by atoms with E-state index in [1.807, 2.05) is 24.3 Å². The fourth-order valence-corrected chi connectivity index (χ4v) is 3.70. The zero-order valence-electron chi connectivity index (χ0n) is 16.7. The average molecular weight is 402 g/mol. The molecule has 4 rings (SSSR count). The minimum atomic E-state index is -1.08. The number of carboxylic acids is 1. The van der Waals surface area contributed by atoms with Gasteiger partial charge in [0.2, 0.25) is 0 Å². The van der Waals surface area contributed by atoms with Crippen LogP contribution in [0.4, 0.5) is 10.1 Å². The Kier molecular flexibility index (Phi) is 5.27. The number of anilines is 1. The van der Waals surface area contributed by atoms with Crippen molar-refractivity contribution in [3.8, 4) is 22.4 Å². The number of aryl methyl sites for hydroxylation is 1. The van der Waals surface area contributed by atoms with Crippen LogP contribution in [0.3, 0.4) is 0 Å². The molecule has 1 heterocycles. The van der Waals surface area contributed by atoms with Gasteiger partial charge in [-0.25, -0.2) is 9.18 Å². The first kappa shape index (κ1) is 19.7. The topological polar surface area (TPSA) is 79.1 Å². The van der Waals surface area contributed by atoms with Crippen LogP contribution >= 0.6 is 0 Å². The second-order valence-electron chi connectivity index (χ2n) is 7.48. The fraction of sp³-hybridized carbons (Fsp3) is 0.160. The number of fused-ring (bicyclic) bond motifs is 1. The normalized spacial score (nSPS) is 11.1. The van der Waals surface area contributed by atoms with Gasteiger partial charge in [0.1, 0.15) is 0 Å². The van der Waals surface area contributed by atoms with E-state index in [-0.39, 0.29) is 17.1 Å². The molecule has 30 heavy (non-hydrogen) atoms. The molecule has 0 unspecified atom stereocenters. The molecule has 0 bridgehead atoms. The number of benzene rings is 3. The third-order valence-corrected chi connectivity index (χ3v) is 5.41. The number of carboxylic acid groups (broad SMARTS) is 1. The number of nitrogen functional groups attached to an aromatic ring is 1. The molecule has 0 atom stereocenters. The number of hydrogen-bond acceptors (Lipinski definition) is 2. The molecular weight excluding hydrogens is 379 g/mol. The van der Waals surface area contributed by atoms with Gasteiger partial charge in [-0.15, -0.1) is 0 Å². The molecular formula is C25H23FN2O2. The molecule has 0 saturated carbocycles. The molecule has 4 N–H and O–H groups in total. The van der Waals surface area contributed by atoms with Crippen molar-refractivity contribution in [2.45, 2.75) is 26.2 Å². The van der Waals surface area contributed by atoms with E-state index < -0.39 is 5.97 Å². The molecule has 3 aromatic carbocycles. The van der Waals surface area contributed by atoms with Gasteiger partial charge in [0, 0.05) is 27.9 Å². The Balaban J connectivity index is 1.70. The van der Waals surface area contributed by atoms with Crippen molar-refractivity contribution in [3.63, 3.8) is 0 Å². The molecule has 0 amide bonds. The van der Waals surface area contributed by atoms with Crippen molar-refractivity contribution in [1.82, 2.24) is 4.98 Å². The summed E-state index contributed by atoms with van der Waals surface area (Å²) in [5.41, 5.74) is 10.5. The van der Waals surface area contributed by atoms with E-state index in [0.29, 0.717) is 22.3 Å². The summed E-state index contributed by atoms with van der Waals surface area (Å²) in [6.45, 7) is 2.17. The summed E-state index contributed by atoms with van der Waals surface area (Å²) < 4.78 is 15.3. The summed E-state index contributed by atoms with van der Waals surface area (Å²) in [6, 6.07) is 18.3. The number of nitrogens with two attached hydrogens (primary N) is 1. The Hall–Kier alpha value is -3.60. The standard InChI is InChI=1S/C25H23FN2O2/c1-2-3-4-15-5-7-16(8-6-15)19-11-10-18-14-22(28-24(18)23(19)26)17-9-12-20(25(29)30)21(27)13-17/h5-14,28H,2-4,27H2,1H3,(H,29,30). The number of hydrogen-bond donors (Lipinski definition) is 3. The van der Waals surface area contributed by atoms with E-state index in [9.17, 15) is 4.79 Å². The molecule has 0 aliphatic heterocycles. The Morgan fingerprint density at radius 1 is 1.03 bits per heavy atom. The van der Waals surface area contributed by atoms with Crippen molar-refractivity contribution < 1.29 is 14.3 Å². The Morgan fingerprint density at radius 3 is 2.43 bits per heavy atom. The molecule has 0 radical (unpaired) electrons. The third-order valence-electron chi connectivity index (χ3n) is 5.41. The maximum atomic E-state index is 15.3. The molecule has 152 valence electrons. The molecule has 4 nitrogen and oxygen atoms in total. The number of unbranched alkanes of at least 4 members (excludes halogenated alkanes) is 1. The highest BCUT2D eigenvalue weighted by atomic mass is 19.1. The Bertz CT molecular complexity index is 1230.